The summed E-state index contributed by atoms with van der Waals surface area (Å²) in [5.41, 5.74) is 8.72. The molecule has 2 rings (SSSR count). The average molecular weight is 302 g/mol. The fourth-order valence-electron chi connectivity index (χ4n) is 2.21. The summed E-state index contributed by atoms with van der Waals surface area (Å²) in [6.45, 7) is 0.770. The molecule has 0 aliphatic carbocycles. The van der Waals surface area contributed by atoms with Gasteiger partial charge < -0.3 is 25.3 Å². The van der Waals surface area contributed by atoms with E-state index in [1.165, 1.54) is 0 Å². The van der Waals surface area contributed by atoms with Gasteiger partial charge in [0, 0.05) is 12.6 Å². The molecule has 0 fully saturated rings. The van der Waals surface area contributed by atoms with E-state index in [9.17, 15) is 0 Å². The number of methoxy groups -OCH3 is 3. The number of hydrogen-bond acceptors (Lipinski definition) is 5. The number of rotatable bonds is 7. The van der Waals surface area contributed by atoms with Crippen molar-refractivity contribution in [2.45, 2.75) is 6.42 Å². The van der Waals surface area contributed by atoms with Gasteiger partial charge in [0.15, 0.2) is 11.5 Å². The first-order valence-corrected chi connectivity index (χ1v) is 7.06. The van der Waals surface area contributed by atoms with Crippen LogP contribution in [-0.2, 0) is 6.42 Å². The highest BCUT2D eigenvalue weighted by Crippen LogP contribution is 2.28. The monoisotopic (exact) mass is 302 g/mol. The lowest BCUT2D eigenvalue weighted by Gasteiger charge is -2.12. The number of hydrogen-bond donors (Lipinski definition) is 2. The van der Waals surface area contributed by atoms with Crippen molar-refractivity contribution in [2.75, 3.05) is 38.9 Å². The summed E-state index contributed by atoms with van der Waals surface area (Å²) in [6, 6.07) is 11.5. The summed E-state index contributed by atoms with van der Waals surface area (Å²) in [7, 11) is 4.89. The number of nitrogens with two attached hydrogens (primary N) is 1. The number of nitrogen functional groups attached to an aromatic ring is 1. The molecule has 2 aromatic rings. The zero-order valence-electron chi connectivity index (χ0n) is 13.2. The summed E-state index contributed by atoms with van der Waals surface area (Å²) in [4.78, 5) is 0. The Labute approximate surface area is 131 Å². The van der Waals surface area contributed by atoms with Crippen LogP contribution in [0, 0.1) is 0 Å². The van der Waals surface area contributed by atoms with Crippen LogP contribution in [0.1, 0.15) is 5.56 Å². The molecule has 0 amide bonds. The van der Waals surface area contributed by atoms with E-state index in [0.29, 0.717) is 5.69 Å². The highest BCUT2D eigenvalue weighted by Gasteiger charge is 2.05. The Morgan fingerprint density at radius 3 is 2.32 bits per heavy atom. The molecule has 22 heavy (non-hydrogen) atoms. The van der Waals surface area contributed by atoms with E-state index in [1.807, 2.05) is 30.3 Å². The van der Waals surface area contributed by atoms with E-state index < -0.39 is 0 Å². The second kappa shape index (κ2) is 7.45. The molecule has 2 aromatic carbocycles. The van der Waals surface area contributed by atoms with Crippen molar-refractivity contribution >= 4 is 11.4 Å². The third-order valence-corrected chi connectivity index (χ3v) is 3.44. The number of ether oxygens (including phenoxy) is 3. The SMILES string of the molecule is COc1ccc(NCCc2ccc(OC)c(OC)c2)c(N)c1. The van der Waals surface area contributed by atoms with E-state index in [1.54, 1.807) is 27.4 Å². The summed E-state index contributed by atoms with van der Waals surface area (Å²) in [6.07, 6.45) is 0.853. The first kappa shape index (κ1) is 15.8. The molecule has 5 heteroatoms. The molecule has 0 bridgehead atoms. The van der Waals surface area contributed by atoms with Crippen LogP contribution in [0.4, 0.5) is 11.4 Å². The van der Waals surface area contributed by atoms with Gasteiger partial charge in [0.25, 0.3) is 0 Å². The van der Waals surface area contributed by atoms with Gasteiger partial charge in [-0.1, -0.05) is 6.07 Å². The molecule has 118 valence electrons. The van der Waals surface area contributed by atoms with Gasteiger partial charge in [-0.25, -0.2) is 0 Å². The minimum Gasteiger partial charge on any atom is -0.497 e. The van der Waals surface area contributed by atoms with Gasteiger partial charge in [0.2, 0.25) is 0 Å². The maximum Gasteiger partial charge on any atom is 0.160 e. The maximum absolute atomic E-state index is 5.98. The molecular formula is C17H22N2O3. The van der Waals surface area contributed by atoms with Crippen LogP contribution in [0.5, 0.6) is 17.2 Å². The van der Waals surface area contributed by atoms with Crippen LogP contribution in [0.3, 0.4) is 0 Å². The molecule has 0 heterocycles. The summed E-state index contributed by atoms with van der Waals surface area (Å²) >= 11 is 0. The van der Waals surface area contributed by atoms with Crippen molar-refractivity contribution in [3.8, 4) is 17.2 Å². The largest absolute Gasteiger partial charge is 0.497 e. The topological polar surface area (TPSA) is 65.7 Å². The highest BCUT2D eigenvalue weighted by atomic mass is 16.5. The molecule has 0 atom stereocenters. The molecule has 0 aromatic heterocycles. The lowest BCUT2D eigenvalue weighted by molar-refractivity contribution is 0.354. The molecule has 0 saturated heterocycles. The number of benzene rings is 2. The minimum absolute atomic E-state index is 0.673. The molecule has 0 aliphatic heterocycles. The normalized spacial score (nSPS) is 10.1. The summed E-state index contributed by atoms with van der Waals surface area (Å²) in [5.74, 6) is 2.23. The number of anilines is 2. The van der Waals surface area contributed by atoms with Crippen LogP contribution in [0.15, 0.2) is 36.4 Å². The molecule has 0 radical (unpaired) electrons. The minimum atomic E-state index is 0.673. The van der Waals surface area contributed by atoms with Crippen LogP contribution < -0.4 is 25.3 Å². The first-order valence-electron chi connectivity index (χ1n) is 7.06. The molecule has 0 aliphatic rings. The van der Waals surface area contributed by atoms with Gasteiger partial charge in [-0.05, 0) is 36.2 Å². The van der Waals surface area contributed by atoms with E-state index in [-0.39, 0.29) is 0 Å². The lowest BCUT2D eigenvalue weighted by atomic mass is 10.1. The van der Waals surface area contributed by atoms with Crippen LogP contribution in [-0.4, -0.2) is 27.9 Å². The third-order valence-electron chi connectivity index (χ3n) is 3.44. The summed E-state index contributed by atoms with van der Waals surface area (Å²) in [5, 5.41) is 3.33. The fraction of sp³-hybridized carbons (Fsp3) is 0.294. The molecular weight excluding hydrogens is 280 g/mol. The molecule has 0 spiro atoms. The van der Waals surface area contributed by atoms with E-state index >= 15 is 0 Å². The van der Waals surface area contributed by atoms with Gasteiger partial charge in [-0.3, -0.25) is 0 Å². The third kappa shape index (κ3) is 3.75. The predicted octanol–water partition coefficient (Wildman–Crippen LogP) is 2.95. The van der Waals surface area contributed by atoms with E-state index in [4.69, 9.17) is 19.9 Å². The van der Waals surface area contributed by atoms with Crippen LogP contribution in [0.2, 0.25) is 0 Å². The molecule has 0 saturated carbocycles. The Hall–Kier alpha value is -2.56. The standard InChI is InChI=1S/C17H22N2O3/c1-20-13-5-6-15(14(18)11-13)19-9-8-12-4-7-16(21-2)17(10-12)22-3/h4-7,10-11,19H,8-9,18H2,1-3H3. The van der Waals surface area contributed by atoms with Crippen molar-refractivity contribution in [1.82, 2.24) is 0 Å². The second-order valence-electron chi connectivity index (χ2n) is 4.82. The molecule has 3 N–H and O–H groups in total. The molecule has 0 unspecified atom stereocenters. The lowest BCUT2D eigenvalue weighted by Crippen LogP contribution is -2.07. The quantitative estimate of drug-likeness (QED) is 0.770. The van der Waals surface area contributed by atoms with Crippen molar-refractivity contribution < 1.29 is 14.2 Å². The maximum atomic E-state index is 5.98. The zero-order chi connectivity index (χ0) is 15.9. The van der Waals surface area contributed by atoms with Crippen molar-refractivity contribution in [2.24, 2.45) is 0 Å². The van der Waals surface area contributed by atoms with Crippen LogP contribution in [0.25, 0.3) is 0 Å². The summed E-state index contributed by atoms with van der Waals surface area (Å²) < 4.78 is 15.7. The highest BCUT2D eigenvalue weighted by molar-refractivity contribution is 5.68. The van der Waals surface area contributed by atoms with Gasteiger partial charge >= 0.3 is 0 Å². The van der Waals surface area contributed by atoms with Gasteiger partial charge in [-0.15, -0.1) is 0 Å². The van der Waals surface area contributed by atoms with E-state index in [0.717, 1.165) is 41.5 Å². The second-order valence-corrected chi connectivity index (χ2v) is 4.82. The smallest absolute Gasteiger partial charge is 0.160 e. The van der Waals surface area contributed by atoms with E-state index in [2.05, 4.69) is 5.32 Å². The Morgan fingerprint density at radius 2 is 1.68 bits per heavy atom. The predicted molar refractivity (Wildman–Crippen MR) is 89.1 cm³/mol. The van der Waals surface area contributed by atoms with Gasteiger partial charge in [0.05, 0.1) is 32.7 Å². The van der Waals surface area contributed by atoms with Crippen molar-refractivity contribution in [3.05, 3.63) is 42.0 Å². The Balaban J connectivity index is 1.96. The van der Waals surface area contributed by atoms with Crippen LogP contribution >= 0.6 is 0 Å². The Kier molecular flexibility index (Phi) is 5.36. The first-order chi connectivity index (χ1) is 10.7. The van der Waals surface area contributed by atoms with Gasteiger partial charge in [-0.2, -0.15) is 0 Å². The average Bonchev–Trinajstić information content (AvgIpc) is 2.56. The fourth-order valence-corrected chi connectivity index (χ4v) is 2.21. The Morgan fingerprint density at radius 1 is 0.909 bits per heavy atom. The molecule has 5 nitrogen and oxygen atoms in total. The van der Waals surface area contributed by atoms with Crippen molar-refractivity contribution in [1.29, 1.82) is 0 Å². The Bertz CT molecular complexity index is 629. The number of nitrogens with one attached hydrogen (secondary N) is 1. The van der Waals surface area contributed by atoms with Crippen molar-refractivity contribution in [3.63, 3.8) is 0 Å². The van der Waals surface area contributed by atoms with Gasteiger partial charge in [0.1, 0.15) is 5.75 Å². The zero-order valence-corrected chi connectivity index (χ0v) is 13.2.